The van der Waals surface area contributed by atoms with E-state index >= 15 is 0 Å². The second-order valence-corrected chi connectivity index (χ2v) is 4.03. The number of hydrogen-bond donors (Lipinski definition) is 1. The second kappa shape index (κ2) is 4.97. The molecule has 0 saturated carbocycles. The van der Waals surface area contributed by atoms with Crippen LogP contribution in [-0.2, 0) is 0 Å². The predicted molar refractivity (Wildman–Crippen MR) is 68.4 cm³/mol. The lowest BCUT2D eigenvalue weighted by molar-refractivity contribution is 0.102. The van der Waals surface area contributed by atoms with Gasteiger partial charge in [-0.15, -0.1) is 0 Å². The Morgan fingerprint density at radius 1 is 1.29 bits per heavy atom. The first-order valence-electron chi connectivity index (χ1n) is 5.15. The first-order chi connectivity index (χ1) is 8.16. The molecule has 0 saturated heterocycles. The molecule has 3 nitrogen and oxygen atoms in total. The molecule has 4 heteroatoms. The minimum absolute atomic E-state index is 0.256. The fourth-order valence-corrected chi connectivity index (χ4v) is 1.71. The summed E-state index contributed by atoms with van der Waals surface area (Å²) in [5.74, 6) is -0.256. The number of carbonyl (C=O) groups excluding carboxylic acids is 1. The molecule has 1 aromatic carbocycles. The summed E-state index contributed by atoms with van der Waals surface area (Å²) >= 11 is 5.99. The minimum Gasteiger partial charge on any atom is -0.322 e. The summed E-state index contributed by atoms with van der Waals surface area (Å²) in [7, 11) is 0. The lowest BCUT2D eigenvalue weighted by atomic mass is 10.2. The van der Waals surface area contributed by atoms with Gasteiger partial charge in [0.1, 0.15) is 0 Å². The van der Waals surface area contributed by atoms with Crippen LogP contribution in [0.5, 0.6) is 0 Å². The molecule has 0 atom stereocenters. The number of nitrogens with zero attached hydrogens (tertiary/aromatic N) is 1. The van der Waals surface area contributed by atoms with Crippen LogP contribution in [0.3, 0.4) is 0 Å². The van der Waals surface area contributed by atoms with E-state index < -0.39 is 0 Å². The Kier molecular flexibility index (Phi) is 3.40. The van der Waals surface area contributed by atoms with Crippen molar-refractivity contribution in [3.05, 3.63) is 58.9 Å². The van der Waals surface area contributed by atoms with E-state index in [1.54, 1.807) is 6.07 Å². The first kappa shape index (κ1) is 11.6. The molecule has 0 unspecified atom stereocenters. The van der Waals surface area contributed by atoms with E-state index in [1.165, 1.54) is 6.20 Å². The van der Waals surface area contributed by atoms with Crippen molar-refractivity contribution >= 4 is 23.2 Å². The number of aromatic nitrogens is 1. The fraction of sp³-hybridized carbons (Fsp3) is 0.0769. The molecule has 1 N–H and O–H groups in total. The topological polar surface area (TPSA) is 42.0 Å². The molecule has 0 aliphatic rings. The molecular formula is C13H11ClN2O. The lowest BCUT2D eigenvalue weighted by Gasteiger charge is -2.06. The minimum atomic E-state index is -0.256. The van der Waals surface area contributed by atoms with Gasteiger partial charge in [-0.3, -0.25) is 9.78 Å². The van der Waals surface area contributed by atoms with Crippen LogP contribution in [0.2, 0.25) is 5.02 Å². The quantitative estimate of drug-likeness (QED) is 0.884. The van der Waals surface area contributed by atoms with Crippen molar-refractivity contribution in [1.82, 2.24) is 4.98 Å². The van der Waals surface area contributed by atoms with Crippen LogP contribution in [-0.4, -0.2) is 10.9 Å². The van der Waals surface area contributed by atoms with Crippen molar-refractivity contribution in [2.75, 3.05) is 5.32 Å². The van der Waals surface area contributed by atoms with Gasteiger partial charge < -0.3 is 5.32 Å². The van der Waals surface area contributed by atoms with Crippen LogP contribution in [0.25, 0.3) is 0 Å². The Labute approximate surface area is 104 Å². The van der Waals surface area contributed by atoms with Gasteiger partial charge in [0.25, 0.3) is 5.91 Å². The highest BCUT2D eigenvalue weighted by molar-refractivity contribution is 6.34. The maximum absolute atomic E-state index is 11.9. The average molecular weight is 247 g/mol. The normalized spacial score (nSPS) is 10.0. The van der Waals surface area contributed by atoms with Gasteiger partial charge in [-0.2, -0.15) is 0 Å². The average Bonchev–Trinajstić information content (AvgIpc) is 2.30. The highest BCUT2D eigenvalue weighted by Crippen LogP contribution is 2.17. The Balaban J connectivity index is 2.21. The molecule has 0 radical (unpaired) electrons. The van der Waals surface area contributed by atoms with E-state index in [4.69, 9.17) is 11.6 Å². The fourth-order valence-electron chi connectivity index (χ4n) is 1.41. The van der Waals surface area contributed by atoms with Gasteiger partial charge in [-0.05, 0) is 25.1 Å². The molecule has 86 valence electrons. The number of aryl methyl sites for hydroxylation is 1. The third-order valence-corrected chi connectivity index (χ3v) is 2.58. The molecule has 0 spiro atoms. The standard InChI is InChI=1S/C13H11ClN2O/c1-9-7-12(14)11(8-15-9)13(17)16-10-5-3-2-4-6-10/h2-8H,1H3,(H,16,17). The van der Waals surface area contributed by atoms with Crippen LogP contribution in [0.4, 0.5) is 5.69 Å². The zero-order valence-electron chi connectivity index (χ0n) is 9.27. The van der Waals surface area contributed by atoms with Crippen LogP contribution < -0.4 is 5.32 Å². The summed E-state index contributed by atoms with van der Waals surface area (Å²) in [6, 6.07) is 10.9. The first-order valence-corrected chi connectivity index (χ1v) is 5.53. The number of nitrogens with one attached hydrogen (secondary N) is 1. The Hall–Kier alpha value is -1.87. The van der Waals surface area contributed by atoms with Crippen molar-refractivity contribution in [1.29, 1.82) is 0 Å². The van der Waals surface area contributed by atoms with Crippen molar-refractivity contribution in [2.24, 2.45) is 0 Å². The van der Waals surface area contributed by atoms with E-state index in [0.717, 1.165) is 11.4 Å². The van der Waals surface area contributed by atoms with Crippen LogP contribution in [0.15, 0.2) is 42.6 Å². The third-order valence-electron chi connectivity index (χ3n) is 2.27. The van der Waals surface area contributed by atoms with E-state index in [2.05, 4.69) is 10.3 Å². The number of carbonyl (C=O) groups is 1. The smallest absolute Gasteiger partial charge is 0.258 e. The Morgan fingerprint density at radius 3 is 2.65 bits per heavy atom. The predicted octanol–water partition coefficient (Wildman–Crippen LogP) is 3.30. The van der Waals surface area contributed by atoms with Crippen LogP contribution in [0, 0.1) is 6.92 Å². The highest BCUT2D eigenvalue weighted by atomic mass is 35.5. The molecular weight excluding hydrogens is 236 g/mol. The van der Waals surface area contributed by atoms with Gasteiger partial charge in [-0.1, -0.05) is 29.8 Å². The van der Waals surface area contributed by atoms with Gasteiger partial charge in [0.2, 0.25) is 0 Å². The van der Waals surface area contributed by atoms with Crippen molar-refractivity contribution in [3.63, 3.8) is 0 Å². The summed E-state index contributed by atoms with van der Waals surface area (Å²) in [6.45, 7) is 1.82. The number of para-hydroxylation sites is 1. The Morgan fingerprint density at radius 2 is 2.00 bits per heavy atom. The summed E-state index contributed by atoms with van der Waals surface area (Å²) < 4.78 is 0. The molecule has 0 fully saturated rings. The molecule has 2 rings (SSSR count). The zero-order chi connectivity index (χ0) is 12.3. The third kappa shape index (κ3) is 2.82. The molecule has 0 aliphatic carbocycles. The highest BCUT2D eigenvalue weighted by Gasteiger charge is 2.10. The largest absolute Gasteiger partial charge is 0.322 e. The van der Waals surface area contributed by atoms with Gasteiger partial charge in [0, 0.05) is 17.6 Å². The lowest BCUT2D eigenvalue weighted by Crippen LogP contribution is -2.12. The molecule has 1 aromatic heterocycles. The zero-order valence-corrected chi connectivity index (χ0v) is 10.0. The Bertz CT molecular complexity index is 540. The number of rotatable bonds is 2. The summed E-state index contributed by atoms with van der Waals surface area (Å²) in [5, 5.41) is 3.16. The van der Waals surface area contributed by atoms with Gasteiger partial charge in [-0.25, -0.2) is 0 Å². The van der Waals surface area contributed by atoms with Gasteiger partial charge in [0.05, 0.1) is 10.6 Å². The maximum atomic E-state index is 11.9. The SMILES string of the molecule is Cc1cc(Cl)c(C(=O)Nc2ccccc2)cn1. The number of anilines is 1. The molecule has 2 aromatic rings. The molecule has 1 amide bonds. The number of amides is 1. The molecule has 0 bridgehead atoms. The number of pyridine rings is 1. The van der Waals surface area contributed by atoms with E-state index in [-0.39, 0.29) is 5.91 Å². The van der Waals surface area contributed by atoms with E-state index in [1.807, 2.05) is 37.3 Å². The number of benzene rings is 1. The number of hydrogen-bond acceptors (Lipinski definition) is 2. The van der Waals surface area contributed by atoms with E-state index in [0.29, 0.717) is 10.6 Å². The molecule has 1 heterocycles. The van der Waals surface area contributed by atoms with E-state index in [9.17, 15) is 4.79 Å². The summed E-state index contributed by atoms with van der Waals surface area (Å²) in [4.78, 5) is 16.0. The molecule has 0 aliphatic heterocycles. The second-order valence-electron chi connectivity index (χ2n) is 3.63. The monoisotopic (exact) mass is 246 g/mol. The van der Waals surface area contributed by atoms with Crippen LogP contribution in [0.1, 0.15) is 16.1 Å². The van der Waals surface area contributed by atoms with Crippen molar-refractivity contribution in [2.45, 2.75) is 6.92 Å². The van der Waals surface area contributed by atoms with Gasteiger partial charge in [0.15, 0.2) is 0 Å². The van der Waals surface area contributed by atoms with Crippen molar-refractivity contribution in [3.8, 4) is 0 Å². The summed E-state index contributed by atoms with van der Waals surface area (Å²) in [5.41, 5.74) is 1.89. The molecule has 17 heavy (non-hydrogen) atoms. The maximum Gasteiger partial charge on any atom is 0.258 e. The number of halogens is 1. The van der Waals surface area contributed by atoms with Gasteiger partial charge >= 0.3 is 0 Å². The summed E-state index contributed by atoms with van der Waals surface area (Å²) in [6.07, 6.45) is 1.48. The van der Waals surface area contributed by atoms with Crippen molar-refractivity contribution < 1.29 is 4.79 Å². The van der Waals surface area contributed by atoms with Crippen LogP contribution >= 0.6 is 11.6 Å².